The highest BCUT2D eigenvalue weighted by Crippen LogP contribution is 2.23. The fraction of sp³-hybridized carbons (Fsp3) is 0.0714. The number of fused-ring (bicyclic) bond motifs is 1. The maximum atomic E-state index is 10.6. The number of aliphatic carboxylic acids is 1. The van der Waals surface area contributed by atoms with Gasteiger partial charge in [0.05, 0.1) is 0 Å². The fourth-order valence-corrected chi connectivity index (χ4v) is 1.96. The molecule has 3 heteroatoms. The molecule has 0 atom stereocenters. The van der Waals surface area contributed by atoms with Crippen molar-refractivity contribution in [3.8, 4) is 0 Å². The molecular formula is C14H12O2S. The van der Waals surface area contributed by atoms with Crippen molar-refractivity contribution in [2.24, 2.45) is 0 Å². The molecule has 2 aromatic rings. The largest absolute Gasteiger partial charge is 0.478 e. The third kappa shape index (κ3) is 2.68. The summed E-state index contributed by atoms with van der Waals surface area (Å²) in [6.45, 7) is 1.79. The van der Waals surface area contributed by atoms with E-state index in [4.69, 9.17) is 5.11 Å². The van der Waals surface area contributed by atoms with Crippen LogP contribution in [0, 0.1) is 0 Å². The molecule has 86 valence electrons. The molecule has 0 saturated heterocycles. The van der Waals surface area contributed by atoms with Crippen LogP contribution in [-0.4, -0.2) is 11.1 Å². The van der Waals surface area contributed by atoms with Crippen LogP contribution in [0.3, 0.4) is 0 Å². The predicted octanol–water partition coefficient (Wildman–Crippen LogP) is 3.62. The van der Waals surface area contributed by atoms with Gasteiger partial charge < -0.3 is 5.11 Å². The molecule has 2 aromatic carbocycles. The van der Waals surface area contributed by atoms with E-state index in [1.165, 1.54) is 6.08 Å². The zero-order valence-electron chi connectivity index (χ0n) is 9.34. The lowest BCUT2D eigenvalue weighted by Crippen LogP contribution is -1.90. The van der Waals surface area contributed by atoms with Gasteiger partial charge in [0.15, 0.2) is 0 Å². The molecule has 2 rings (SSSR count). The first-order valence-electron chi connectivity index (χ1n) is 5.20. The summed E-state index contributed by atoms with van der Waals surface area (Å²) in [6.07, 6.45) is 1.22. The van der Waals surface area contributed by atoms with Gasteiger partial charge in [-0.15, -0.1) is 12.6 Å². The molecule has 0 spiro atoms. The molecule has 0 amide bonds. The Labute approximate surface area is 105 Å². The molecule has 0 heterocycles. The summed E-state index contributed by atoms with van der Waals surface area (Å²) in [5.41, 5.74) is 1.67. The molecule has 0 aromatic heterocycles. The van der Waals surface area contributed by atoms with Crippen LogP contribution < -0.4 is 0 Å². The standard InChI is InChI=1S/C14H12O2S/c1-9(6-14(15)16)10-2-3-12-8-13(17)5-4-11(12)7-10/h2-8,17H,1H3,(H,15,16)/b9-6+. The lowest BCUT2D eigenvalue weighted by molar-refractivity contribution is -0.131. The third-order valence-corrected chi connectivity index (χ3v) is 2.90. The quantitative estimate of drug-likeness (QED) is 0.625. The monoisotopic (exact) mass is 244 g/mol. The number of thiol groups is 1. The zero-order chi connectivity index (χ0) is 12.4. The van der Waals surface area contributed by atoms with E-state index in [9.17, 15) is 4.79 Å². The fourth-order valence-electron chi connectivity index (χ4n) is 1.75. The second-order valence-electron chi connectivity index (χ2n) is 3.91. The molecular weight excluding hydrogens is 232 g/mol. The van der Waals surface area contributed by atoms with Crippen molar-refractivity contribution >= 4 is 34.9 Å². The normalized spacial score (nSPS) is 11.8. The number of allylic oxidation sites excluding steroid dienone is 1. The minimum absolute atomic E-state index is 0.745. The van der Waals surface area contributed by atoms with E-state index < -0.39 is 5.97 Å². The Bertz CT molecular complexity index is 615. The number of carboxylic acid groups (broad SMARTS) is 1. The van der Waals surface area contributed by atoms with Gasteiger partial charge in [0, 0.05) is 11.0 Å². The van der Waals surface area contributed by atoms with Gasteiger partial charge in [-0.1, -0.05) is 18.2 Å². The number of rotatable bonds is 2. The van der Waals surface area contributed by atoms with E-state index in [-0.39, 0.29) is 0 Å². The van der Waals surface area contributed by atoms with Crippen LogP contribution in [0.25, 0.3) is 16.3 Å². The molecule has 0 fully saturated rings. The number of carboxylic acids is 1. The van der Waals surface area contributed by atoms with Crippen molar-refractivity contribution in [1.29, 1.82) is 0 Å². The van der Waals surface area contributed by atoms with Gasteiger partial charge in [-0.2, -0.15) is 0 Å². The van der Waals surface area contributed by atoms with Gasteiger partial charge in [0.25, 0.3) is 0 Å². The third-order valence-electron chi connectivity index (χ3n) is 2.62. The van der Waals surface area contributed by atoms with E-state index in [0.29, 0.717) is 0 Å². The minimum atomic E-state index is -0.923. The van der Waals surface area contributed by atoms with Crippen LogP contribution >= 0.6 is 12.6 Å². The van der Waals surface area contributed by atoms with E-state index in [2.05, 4.69) is 12.6 Å². The Morgan fingerprint density at radius 2 is 1.82 bits per heavy atom. The summed E-state index contributed by atoms with van der Waals surface area (Å²) in [7, 11) is 0. The summed E-state index contributed by atoms with van der Waals surface area (Å²) in [5.74, 6) is -0.923. The number of benzene rings is 2. The lowest BCUT2D eigenvalue weighted by atomic mass is 10.0. The molecule has 0 radical (unpaired) electrons. The Morgan fingerprint density at radius 3 is 2.53 bits per heavy atom. The Balaban J connectivity index is 2.52. The van der Waals surface area contributed by atoms with Crippen LogP contribution in [0.5, 0.6) is 0 Å². The Hall–Kier alpha value is -1.74. The molecule has 0 bridgehead atoms. The van der Waals surface area contributed by atoms with Gasteiger partial charge in [-0.05, 0) is 47.0 Å². The van der Waals surface area contributed by atoms with E-state index in [0.717, 1.165) is 26.8 Å². The summed E-state index contributed by atoms with van der Waals surface area (Å²) >= 11 is 4.28. The van der Waals surface area contributed by atoms with Crippen LogP contribution in [0.15, 0.2) is 47.4 Å². The second kappa shape index (κ2) is 4.63. The minimum Gasteiger partial charge on any atom is -0.478 e. The first kappa shape index (κ1) is 11.7. The van der Waals surface area contributed by atoms with Gasteiger partial charge in [-0.25, -0.2) is 4.79 Å². The molecule has 0 aliphatic heterocycles. The second-order valence-corrected chi connectivity index (χ2v) is 4.43. The van der Waals surface area contributed by atoms with Gasteiger partial charge in [-0.3, -0.25) is 0 Å². The van der Waals surface area contributed by atoms with Crippen molar-refractivity contribution in [3.05, 3.63) is 48.0 Å². The molecule has 17 heavy (non-hydrogen) atoms. The van der Waals surface area contributed by atoms with Crippen LogP contribution in [-0.2, 0) is 4.79 Å². The van der Waals surface area contributed by atoms with E-state index >= 15 is 0 Å². The van der Waals surface area contributed by atoms with Crippen LogP contribution in [0.2, 0.25) is 0 Å². The van der Waals surface area contributed by atoms with Crippen molar-refractivity contribution in [2.45, 2.75) is 11.8 Å². The lowest BCUT2D eigenvalue weighted by Gasteiger charge is -2.04. The van der Waals surface area contributed by atoms with Gasteiger partial charge >= 0.3 is 5.97 Å². The predicted molar refractivity (Wildman–Crippen MR) is 72.5 cm³/mol. The molecule has 1 N–H and O–H groups in total. The molecule has 2 nitrogen and oxygen atoms in total. The zero-order valence-corrected chi connectivity index (χ0v) is 10.2. The van der Waals surface area contributed by atoms with E-state index in [1.54, 1.807) is 6.92 Å². The Morgan fingerprint density at radius 1 is 1.18 bits per heavy atom. The molecule has 0 unspecified atom stereocenters. The van der Waals surface area contributed by atoms with Crippen molar-refractivity contribution in [3.63, 3.8) is 0 Å². The highest BCUT2D eigenvalue weighted by atomic mass is 32.1. The van der Waals surface area contributed by atoms with Gasteiger partial charge in [0.2, 0.25) is 0 Å². The molecule has 0 aliphatic rings. The van der Waals surface area contributed by atoms with Crippen LogP contribution in [0.1, 0.15) is 12.5 Å². The van der Waals surface area contributed by atoms with Crippen molar-refractivity contribution in [1.82, 2.24) is 0 Å². The highest BCUT2D eigenvalue weighted by molar-refractivity contribution is 7.80. The topological polar surface area (TPSA) is 37.3 Å². The summed E-state index contributed by atoms with van der Waals surface area (Å²) < 4.78 is 0. The first-order valence-corrected chi connectivity index (χ1v) is 5.65. The highest BCUT2D eigenvalue weighted by Gasteiger charge is 2.01. The SMILES string of the molecule is C/C(=C\C(=O)O)c1ccc2cc(S)ccc2c1. The molecule has 0 aliphatic carbocycles. The maximum absolute atomic E-state index is 10.6. The van der Waals surface area contributed by atoms with Gasteiger partial charge in [0.1, 0.15) is 0 Å². The molecule has 0 saturated carbocycles. The average Bonchev–Trinajstić information content (AvgIpc) is 2.27. The first-order chi connectivity index (χ1) is 8.06. The summed E-state index contributed by atoms with van der Waals surface area (Å²) in [5, 5.41) is 10.9. The van der Waals surface area contributed by atoms with Crippen molar-refractivity contribution in [2.75, 3.05) is 0 Å². The van der Waals surface area contributed by atoms with Crippen LogP contribution in [0.4, 0.5) is 0 Å². The number of hydrogen-bond donors (Lipinski definition) is 2. The van der Waals surface area contributed by atoms with E-state index in [1.807, 2.05) is 36.4 Å². The maximum Gasteiger partial charge on any atom is 0.328 e. The average molecular weight is 244 g/mol. The Kier molecular flexibility index (Phi) is 3.20. The number of hydrogen-bond acceptors (Lipinski definition) is 2. The number of carbonyl (C=O) groups is 1. The van der Waals surface area contributed by atoms with Crippen molar-refractivity contribution < 1.29 is 9.90 Å². The summed E-state index contributed by atoms with van der Waals surface area (Å²) in [6, 6.07) is 11.8. The summed E-state index contributed by atoms with van der Waals surface area (Å²) in [4.78, 5) is 11.5. The smallest absolute Gasteiger partial charge is 0.328 e.